The predicted molar refractivity (Wildman–Crippen MR) is 54.8 cm³/mol. The molecule has 1 rings (SSSR count). The van der Waals surface area contributed by atoms with Crippen molar-refractivity contribution in [2.24, 2.45) is 5.73 Å². The summed E-state index contributed by atoms with van der Waals surface area (Å²) in [5, 5.41) is 0. The molecule has 0 unspecified atom stereocenters. The highest BCUT2D eigenvalue weighted by Gasteiger charge is 2.34. The number of nitrogens with two attached hydrogens (primary N) is 1. The fraction of sp³-hybridized carbons (Fsp3) is 0.444. The minimum atomic E-state index is -0.867. The van der Waals surface area contributed by atoms with E-state index in [1.165, 1.54) is 4.90 Å². The van der Waals surface area contributed by atoms with E-state index in [0.29, 0.717) is 13.1 Å². The number of likely N-dealkylation sites (N-methyl/N-ethyl adjacent to an activating group) is 1. The highest BCUT2D eigenvalue weighted by Crippen LogP contribution is 2.03. The van der Waals surface area contributed by atoms with Gasteiger partial charge in [-0.2, -0.15) is 0 Å². The van der Waals surface area contributed by atoms with Gasteiger partial charge in [0.1, 0.15) is 0 Å². The van der Waals surface area contributed by atoms with Gasteiger partial charge in [0.2, 0.25) is 0 Å². The van der Waals surface area contributed by atoms with Gasteiger partial charge in [-0.05, 0) is 6.92 Å². The summed E-state index contributed by atoms with van der Waals surface area (Å²) >= 11 is 0. The Morgan fingerprint density at radius 2 is 1.87 bits per heavy atom. The number of primary amides is 1. The highest BCUT2D eigenvalue weighted by molar-refractivity contribution is 6.37. The maximum atomic E-state index is 11.2. The normalized spacial score (nSPS) is 15.8. The van der Waals surface area contributed by atoms with E-state index in [2.05, 4.69) is 13.2 Å². The van der Waals surface area contributed by atoms with Crippen molar-refractivity contribution in [1.82, 2.24) is 9.80 Å². The molecule has 0 aromatic carbocycles. The summed E-state index contributed by atoms with van der Waals surface area (Å²) in [7, 11) is 0. The molecule has 0 bridgehead atoms. The number of carbonyl (C=O) groups is 3. The average Bonchev–Trinajstić information content (AvgIpc) is 2.24. The van der Waals surface area contributed by atoms with Crippen LogP contribution in [0.3, 0.4) is 0 Å². The minimum Gasteiger partial charge on any atom is -0.351 e. The summed E-state index contributed by atoms with van der Waals surface area (Å²) in [4.78, 5) is 35.2. The van der Waals surface area contributed by atoms with Crippen molar-refractivity contribution in [3.63, 3.8) is 0 Å². The quantitative estimate of drug-likeness (QED) is 0.473. The summed E-state index contributed by atoms with van der Waals surface area (Å²) in [5.74, 6) is -1.49. The number of amides is 4. The lowest BCUT2D eigenvalue weighted by atomic mass is 10.3. The molecule has 15 heavy (non-hydrogen) atoms. The molecule has 2 N–H and O–H groups in total. The van der Waals surface area contributed by atoms with E-state index in [-0.39, 0.29) is 6.54 Å². The van der Waals surface area contributed by atoms with Crippen LogP contribution in [0, 0.1) is 0 Å². The molecule has 0 radical (unpaired) electrons. The first-order valence-electron chi connectivity index (χ1n) is 4.48. The number of urea groups is 1. The van der Waals surface area contributed by atoms with Crippen molar-refractivity contribution >= 4 is 17.8 Å². The van der Waals surface area contributed by atoms with Crippen molar-refractivity contribution in [3.05, 3.63) is 13.2 Å². The second-order valence-corrected chi connectivity index (χ2v) is 2.68. The molecule has 1 heterocycles. The van der Waals surface area contributed by atoms with Gasteiger partial charge in [0.25, 0.3) is 0 Å². The molecule has 1 aliphatic heterocycles. The summed E-state index contributed by atoms with van der Waals surface area (Å²) in [5.41, 5.74) is 4.90. The Labute approximate surface area is 88.3 Å². The minimum absolute atomic E-state index is 0.188. The van der Waals surface area contributed by atoms with Crippen LogP contribution in [-0.2, 0) is 9.59 Å². The maximum absolute atomic E-state index is 11.2. The molecular weight excluding hydrogens is 198 g/mol. The highest BCUT2D eigenvalue weighted by atomic mass is 16.2. The molecular formula is C9H15N3O3. The molecule has 6 nitrogen and oxygen atoms in total. The Morgan fingerprint density at radius 3 is 2.27 bits per heavy atom. The molecule has 0 aliphatic carbocycles. The van der Waals surface area contributed by atoms with Gasteiger partial charge in [0.05, 0.1) is 0 Å². The van der Waals surface area contributed by atoms with Crippen LogP contribution < -0.4 is 5.73 Å². The lowest BCUT2D eigenvalue weighted by Gasteiger charge is -2.30. The zero-order valence-corrected chi connectivity index (χ0v) is 8.73. The van der Waals surface area contributed by atoms with E-state index < -0.39 is 17.8 Å². The van der Waals surface area contributed by atoms with E-state index >= 15 is 0 Å². The number of nitrogens with zero attached hydrogens (tertiary/aromatic N) is 2. The van der Waals surface area contributed by atoms with E-state index in [1.807, 2.05) is 0 Å². The van der Waals surface area contributed by atoms with Crippen LogP contribution in [0.4, 0.5) is 4.79 Å². The zero-order valence-electron chi connectivity index (χ0n) is 8.73. The van der Waals surface area contributed by atoms with Gasteiger partial charge in [0, 0.05) is 19.6 Å². The summed E-state index contributed by atoms with van der Waals surface area (Å²) in [6, 6.07) is -0.867. The molecule has 1 saturated heterocycles. The zero-order chi connectivity index (χ0) is 12.0. The Kier molecular flexibility index (Phi) is 5.08. The summed E-state index contributed by atoms with van der Waals surface area (Å²) < 4.78 is 0. The SMILES string of the molecule is C=C.CCN1CCN(C(N)=O)C(=O)C1=O. The first-order chi connectivity index (χ1) is 7.07. The molecule has 6 heteroatoms. The van der Waals surface area contributed by atoms with Crippen molar-refractivity contribution < 1.29 is 14.4 Å². The molecule has 0 atom stereocenters. The average molecular weight is 213 g/mol. The second-order valence-electron chi connectivity index (χ2n) is 2.68. The Bertz CT molecular complexity index is 278. The monoisotopic (exact) mass is 213 g/mol. The number of piperazine rings is 1. The molecule has 0 aromatic rings. The van der Waals surface area contributed by atoms with Gasteiger partial charge in [0.15, 0.2) is 0 Å². The second kappa shape index (κ2) is 5.79. The smallest absolute Gasteiger partial charge is 0.321 e. The van der Waals surface area contributed by atoms with Crippen LogP contribution in [0.2, 0.25) is 0 Å². The van der Waals surface area contributed by atoms with Crippen LogP contribution in [0.5, 0.6) is 0 Å². The Hall–Kier alpha value is -1.85. The third kappa shape index (κ3) is 2.80. The standard InChI is InChI=1S/C7H11N3O3.C2H4/c1-2-9-3-4-10(7(8)13)6(12)5(9)11;1-2/h2-4H2,1H3,(H2,8,13);1-2H2. The number of rotatable bonds is 1. The molecule has 4 amide bonds. The van der Waals surface area contributed by atoms with E-state index in [0.717, 1.165) is 4.90 Å². The summed E-state index contributed by atoms with van der Waals surface area (Å²) in [6.45, 7) is 8.79. The fourth-order valence-electron chi connectivity index (χ4n) is 1.19. The van der Waals surface area contributed by atoms with Crippen molar-refractivity contribution in [2.75, 3.05) is 19.6 Å². The van der Waals surface area contributed by atoms with E-state index in [1.54, 1.807) is 6.92 Å². The largest absolute Gasteiger partial charge is 0.351 e. The number of imide groups is 1. The number of hydrogen-bond acceptors (Lipinski definition) is 3. The topological polar surface area (TPSA) is 83.7 Å². The van der Waals surface area contributed by atoms with Crippen LogP contribution in [0.15, 0.2) is 13.2 Å². The maximum Gasteiger partial charge on any atom is 0.321 e. The van der Waals surface area contributed by atoms with Crippen LogP contribution in [0.25, 0.3) is 0 Å². The van der Waals surface area contributed by atoms with Crippen LogP contribution in [-0.4, -0.2) is 47.3 Å². The van der Waals surface area contributed by atoms with Gasteiger partial charge >= 0.3 is 17.8 Å². The molecule has 0 spiro atoms. The Balaban J connectivity index is 0.000000921. The lowest BCUT2D eigenvalue weighted by Crippen LogP contribution is -2.57. The van der Waals surface area contributed by atoms with Gasteiger partial charge in [-0.15, -0.1) is 13.2 Å². The molecule has 84 valence electrons. The first-order valence-corrected chi connectivity index (χ1v) is 4.48. The van der Waals surface area contributed by atoms with E-state index in [9.17, 15) is 14.4 Å². The molecule has 0 saturated carbocycles. The fourth-order valence-corrected chi connectivity index (χ4v) is 1.19. The summed E-state index contributed by atoms with van der Waals surface area (Å²) in [6.07, 6.45) is 0. The van der Waals surface area contributed by atoms with Crippen LogP contribution >= 0.6 is 0 Å². The first kappa shape index (κ1) is 13.2. The molecule has 1 aliphatic rings. The van der Waals surface area contributed by atoms with Gasteiger partial charge in [-0.1, -0.05) is 0 Å². The lowest BCUT2D eigenvalue weighted by molar-refractivity contribution is -0.153. The third-order valence-electron chi connectivity index (χ3n) is 1.96. The molecule has 1 fully saturated rings. The number of hydrogen-bond donors (Lipinski definition) is 1. The molecule has 0 aromatic heterocycles. The van der Waals surface area contributed by atoms with Gasteiger partial charge < -0.3 is 10.6 Å². The predicted octanol–water partition coefficient (Wildman–Crippen LogP) is -0.442. The van der Waals surface area contributed by atoms with Crippen molar-refractivity contribution in [2.45, 2.75) is 6.92 Å². The van der Waals surface area contributed by atoms with E-state index in [4.69, 9.17) is 5.73 Å². The van der Waals surface area contributed by atoms with Crippen molar-refractivity contribution in [3.8, 4) is 0 Å². The Morgan fingerprint density at radius 1 is 1.33 bits per heavy atom. The van der Waals surface area contributed by atoms with Crippen LogP contribution in [0.1, 0.15) is 6.92 Å². The third-order valence-corrected chi connectivity index (χ3v) is 1.96. The van der Waals surface area contributed by atoms with Crippen molar-refractivity contribution in [1.29, 1.82) is 0 Å². The van der Waals surface area contributed by atoms with Gasteiger partial charge in [-0.25, -0.2) is 4.79 Å². The van der Waals surface area contributed by atoms with Gasteiger partial charge in [-0.3, -0.25) is 14.5 Å². The number of carbonyl (C=O) groups excluding carboxylic acids is 3.